The van der Waals surface area contributed by atoms with Crippen LogP contribution in [0.1, 0.15) is 10.4 Å². The van der Waals surface area contributed by atoms with Crippen molar-refractivity contribution < 1.29 is 22.7 Å². The molecule has 13 heteroatoms. The first-order valence-electron chi connectivity index (χ1n) is 7.77. The monoisotopic (exact) mass is 491 g/mol. The van der Waals surface area contributed by atoms with E-state index in [0.717, 1.165) is 21.8 Å². The van der Waals surface area contributed by atoms with Gasteiger partial charge in [0, 0.05) is 22.9 Å². The smallest absolute Gasteiger partial charge is 0.334 e. The molecule has 0 aliphatic carbocycles. The number of aromatic nitrogens is 1. The molecule has 0 aliphatic rings. The second kappa shape index (κ2) is 9.32. The normalized spacial score (nSPS) is 11.1. The van der Waals surface area contributed by atoms with Gasteiger partial charge in [0.15, 0.2) is 0 Å². The quantitative estimate of drug-likeness (QED) is 0.466. The highest BCUT2D eigenvalue weighted by atomic mass is 79.9. The van der Waals surface area contributed by atoms with Crippen LogP contribution in [0.3, 0.4) is 0 Å². The van der Waals surface area contributed by atoms with Crippen LogP contribution in [0, 0.1) is 6.92 Å². The summed E-state index contributed by atoms with van der Waals surface area (Å²) in [5, 5.41) is 4.56. The molecule has 2 aromatic heterocycles. The van der Waals surface area contributed by atoms with Gasteiger partial charge >= 0.3 is 12.1 Å². The molecule has 0 fully saturated rings. The van der Waals surface area contributed by atoms with Crippen molar-refractivity contribution in [2.24, 2.45) is 5.73 Å². The molecule has 2 heterocycles. The molecule has 2 rings (SSSR count). The summed E-state index contributed by atoms with van der Waals surface area (Å²) in [6, 6.07) is 2.55. The molecule has 0 saturated heterocycles. The van der Waals surface area contributed by atoms with E-state index in [9.17, 15) is 18.0 Å². The van der Waals surface area contributed by atoms with Crippen LogP contribution < -0.4 is 21.1 Å². The molecular formula is C15H18BrN5O5S2. The zero-order valence-electron chi connectivity index (χ0n) is 14.9. The number of halogens is 1. The molecule has 0 saturated carbocycles. The van der Waals surface area contributed by atoms with Gasteiger partial charge in [-0.15, -0.1) is 11.3 Å². The van der Waals surface area contributed by atoms with Gasteiger partial charge in [-0.3, -0.25) is 10.6 Å². The van der Waals surface area contributed by atoms with Crippen molar-refractivity contribution >= 4 is 61.0 Å². The number of rotatable bonds is 7. The van der Waals surface area contributed by atoms with Gasteiger partial charge in [0.1, 0.15) is 15.8 Å². The molecule has 2 aromatic rings. The standard InChI is InChI=1S/C15H18BrN5O5S2/c1-8-5-13(27-10(8)3-4-26-2)28(24,25)21-15(23)20-12-7-9(16)6-11(18-12)19-14(17)22/h5-7H,3-4H2,1-2H3,(H5,17,18,19,20,21,22,23). The van der Waals surface area contributed by atoms with Gasteiger partial charge in [-0.2, -0.15) is 0 Å². The number of methoxy groups -OCH3 is 1. The predicted molar refractivity (Wildman–Crippen MR) is 109 cm³/mol. The first-order chi connectivity index (χ1) is 13.1. The van der Waals surface area contributed by atoms with Crippen molar-refractivity contribution in [3.05, 3.63) is 33.1 Å². The van der Waals surface area contributed by atoms with Crippen LogP contribution in [0.2, 0.25) is 0 Å². The minimum Gasteiger partial charge on any atom is -0.384 e. The number of thiophene rings is 1. The van der Waals surface area contributed by atoms with Gasteiger partial charge in [-0.25, -0.2) is 27.7 Å². The lowest BCUT2D eigenvalue weighted by atomic mass is 10.2. The molecule has 152 valence electrons. The molecule has 0 aliphatic heterocycles. The van der Waals surface area contributed by atoms with Crippen LogP contribution in [0.5, 0.6) is 0 Å². The van der Waals surface area contributed by atoms with E-state index in [4.69, 9.17) is 10.5 Å². The Morgan fingerprint density at radius 2 is 1.89 bits per heavy atom. The maximum absolute atomic E-state index is 12.5. The molecule has 10 nitrogen and oxygen atoms in total. The Kier molecular flexibility index (Phi) is 7.35. The van der Waals surface area contributed by atoms with Crippen LogP contribution >= 0.6 is 27.3 Å². The SMILES string of the molecule is COCCc1sc(S(=O)(=O)NC(=O)Nc2cc(Br)cc(NC(N)=O)n2)cc1C. The van der Waals surface area contributed by atoms with Gasteiger partial charge in [0.05, 0.1) is 6.61 Å². The summed E-state index contributed by atoms with van der Waals surface area (Å²) in [4.78, 5) is 27.9. The van der Waals surface area contributed by atoms with E-state index >= 15 is 0 Å². The van der Waals surface area contributed by atoms with Crippen molar-refractivity contribution in [3.8, 4) is 0 Å². The van der Waals surface area contributed by atoms with Gasteiger partial charge < -0.3 is 10.5 Å². The van der Waals surface area contributed by atoms with E-state index in [-0.39, 0.29) is 15.8 Å². The molecule has 0 spiro atoms. The number of ether oxygens (including phenoxy) is 1. The number of sulfonamides is 1. The second-order valence-electron chi connectivity index (χ2n) is 5.52. The van der Waals surface area contributed by atoms with Crippen LogP contribution in [0.4, 0.5) is 21.2 Å². The number of nitrogens with one attached hydrogen (secondary N) is 3. The number of nitrogens with two attached hydrogens (primary N) is 1. The minimum absolute atomic E-state index is 0.00830. The number of carbonyl (C=O) groups excluding carboxylic acids is 2. The topological polar surface area (TPSA) is 153 Å². The van der Waals surface area contributed by atoms with E-state index in [0.29, 0.717) is 17.5 Å². The highest BCUT2D eigenvalue weighted by Crippen LogP contribution is 2.26. The molecule has 28 heavy (non-hydrogen) atoms. The maximum Gasteiger partial charge on any atom is 0.334 e. The summed E-state index contributed by atoms with van der Waals surface area (Å²) in [5.74, 6) is 0.0886. The Bertz CT molecular complexity index is 993. The van der Waals surface area contributed by atoms with Gasteiger partial charge in [0.25, 0.3) is 10.0 Å². The van der Waals surface area contributed by atoms with Gasteiger partial charge in [-0.05, 0) is 30.7 Å². The molecule has 0 atom stereocenters. The van der Waals surface area contributed by atoms with Crippen LogP contribution in [0.25, 0.3) is 0 Å². The molecular weight excluding hydrogens is 474 g/mol. The first-order valence-corrected chi connectivity index (χ1v) is 10.9. The second-order valence-corrected chi connectivity index (χ2v) is 9.48. The number of hydrogen-bond donors (Lipinski definition) is 4. The average molecular weight is 492 g/mol. The summed E-state index contributed by atoms with van der Waals surface area (Å²) >= 11 is 4.26. The van der Waals surface area contributed by atoms with Gasteiger partial charge in [0.2, 0.25) is 0 Å². The molecule has 5 N–H and O–H groups in total. The zero-order chi connectivity index (χ0) is 20.9. The fourth-order valence-electron chi connectivity index (χ4n) is 2.13. The molecule has 4 amide bonds. The van der Waals surface area contributed by atoms with Crippen molar-refractivity contribution in [1.82, 2.24) is 9.71 Å². The Balaban J connectivity index is 2.12. The number of amides is 4. The first kappa shape index (κ1) is 22.1. The predicted octanol–water partition coefficient (Wildman–Crippen LogP) is 2.40. The number of nitrogens with zero attached hydrogens (tertiary/aromatic N) is 1. The number of primary amides is 1. The largest absolute Gasteiger partial charge is 0.384 e. The molecule has 0 radical (unpaired) electrons. The van der Waals surface area contributed by atoms with Crippen molar-refractivity contribution in [1.29, 1.82) is 0 Å². The number of aryl methyl sites for hydroxylation is 1. The summed E-state index contributed by atoms with van der Waals surface area (Å²) in [5.41, 5.74) is 5.83. The van der Waals surface area contributed by atoms with Crippen LogP contribution in [0.15, 0.2) is 26.9 Å². The van der Waals surface area contributed by atoms with E-state index in [1.165, 1.54) is 18.2 Å². The number of pyridine rings is 1. The van der Waals surface area contributed by atoms with Gasteiger partial charge in [-0.1, -0.05) is 15.9 Å². The fraction of sp³-hybridized carbons (Fsp3) is 0.267. The Hall–Kier alpha value is -2.22. The number of hydrogen-bond acceptors (Lipinski definition) is 7. The number of anilines is 2. The summed E-state index contributed by atoms with van der Waals surface area (Å²) < 4.78 is 32.4. The van der Waals surface area contributed by atoms with E-state index in [2.05, 4.69) is 31.5 Å². The van der Waals surface area contributed by atoms with Crippen molar-refractivity contribution in [2.75, 3.05) is 24.4 Å². The lowest BCUT2D eigenvalue weighted by Gasteiger charge is -2.09. The third kappa shape index (κ3) is 6.15. The average Bonchev–Trinajstić information content (AvgIpc) is 2.92. The van der Waals surface area contributed by atoms with Crippen molar-refractivity contribution in [3.63, 3.8) is 0 Å². The van der Waals surface area contributed by atoms with E-state index in [1.54, 1.807) is 14.0 Å². The zero-order valence-corrected chi connectivity index (χ0v) is 18.1. The fourth-order valence-corrected chi connectivity index (χ4v) is 5.04. The minimum atomic E-state index is -4.06. The summed E-state index contributed by atoms with van der Waals surface area (Å²) in [7, 11) is -2.50. The van der Waals surface area contributed by atoms with Crippen molar-refractivity contribution in [2.45, 2.75) is 17.6 Å². The van der Waals surface area contributed by atoms with E-state index in [1.807, 2.05) is 4.72 Å². The number of carbonyl (C=O) groups is 2. The molecule has 0 aromatic carbocycles. The lowest BCUT2D eigenvalue weighted by Crippen LogP contribution is -2.34. The Labute approximate surface area is 174 Å². The van der Waals surface area contributed by atoms with E-state index < -0.39 is 22.1 Å². The Morgan fingerprint density at radius 1 is 1.25 bits per heavy atom. The maximum atomic E-state index is 12.5. The molecule has 0 unspecified atom stereocenters. The third-order valence-corrected chi connectivity index (χ3v) is 6.87. The molecule has 0 bridgehead atoms. The van der Waals surface area contributed by atoms with Crippen LogP contribution in [-0.2, 0) is 21.2 Å². The lowest BCUT2D eigenvalue weighted by molar-refractivity contribution is 0.203. The highest BCUT2D eigenvalue weighted by molar-refractivity contribution is 9.10. The van der Waals surface area contributed by atoms with Crippen LogP contribution in [-0.4, -0.2) is 39.2 Å². The summed E-state index contributed by atoms with van der Waals surface area (Å²) in [6.45, 7) is 2.25. The third-order valence-electron chi connectivity index (χ3n) is 3.31. The highest BCUT2D eigenvalue weighted by Gasteiger charge is 2.22. The summed E-state index contributed by atoms with van der Waals surface area (Å²) in [6.07, 6.45) is 0.576. The number of urea groups is 2. The Morgan fingerprint density at radius 3 is 2.50 bits per heavy atom.